The van der Waals surface area contributed by atoms with Crippen LogP contribution in [0.1, 0.15) is 11.1 Å². The molecule has 24 heavy (non-hydrogen) atoms. The van der Waals surface area contributed by atoms with Crippen molar-refractivity contribution in [1.82, 2.24) is 4.98 Å². The van der Waals surface area contributed by atoms with Gasteiger partial charge in [-0.1, -0.05) is 0 Å². The summed E-state index contributed by atoms with van der Waals surface area (Å²) in [7, 11) is 0. The maximum Gasteiger partial charge on any atom is 0.242 e. The van der Waals surface area contributed by atoms with Crippen molar-refractivity contribution in [3.63, 3.8) is 0 Å². The zero-order valence-electron chi connectivity index (χ0n) is 12.1. The van der Waals surface area contributed by atoms with Gasteiger partial charge in [0.05, 0.1) is 5.56 Å². The molecule has 1 N–H and O–H groups in total. The van der Waals surface area contributed by atoms with Crippen LogP contribution < -0.4 is 4.74 Å². The normalized spacial score (nSPS) is 11.0. The van der Waals surface area contributed by atoms with Crippen molar-refractivity contribution in [2.45, 2.75) is 12.8 Å². The minimum Gasteiger partial charge on any atom is -0.454 e. The Morgan fingerprint density at radius 1 is 1.12 bits per heavy atom. The summed E-state index contributed by atoms with van der Waals surface area (Å²) in [6.07, 6.45) is -1.89. The first kappa shape index (κ1) is 15.9. The number of hydrogen-bond acceptors (Lipinski definition) is 2. The van der Waals surface area contributed by atoms with Crippen LogP contribution in [-0.2, 0) is 6.42 Å². The molecule has 3 nitrogen and oxygen atoms in total. The first-order valence-corrected chi connectivity index (χ1v) is 6.93. The number of alkyl halides is 2. The van der Waals surface area contributed by atoms with E-state index in [1.54, 1.807) is 12.1 Å². The van der Waals surface area contributed by atoms with Gasteiger partial charge in [0, 0.05) is 41.2 Å². The number of hydrogen-bond donors (Lipinski definition) is 1. The summed E-state index contributed by atoms with van der Waals surface area (Å²) in [6.45, 7) is 0. The molecule has 0 radical (unpaired) electrons. The van der Waals surface area contributed by atoms with Gasteiger partial charge in [0.2, 0.25) is 6.43 Å². The number of nitriles is 1. The number of fused-ring (bicyclic) bond motifs is 1. The summed E-state index contributed by atoms with van der Waals surface area (Å²) in [5, 5.41) is 9.24. The van der Waals surface area contributed by atoms with Crippen molar-refractivity contribution < 1.29 is 22.3 Å². The summed E-state index contributed by atoms with van der Waals surface area (Å²) in [6, 6.07) is 7.59. The molecule has 0 bridgehead atoms. The number of H-pyrrole nitrogens is 1. The van der Waals surface area contributed by atoms with Gasteiger partial charge in [0.15, 0.2) is 11.6 Å². The highest BCUT2D eigenvalue weighted by atomic mass is 19.3. The Bertz CT molecular complexity index is 944. The molecule has 0 amide bonds. The van der Waals surface area contributed by atoms with Crippen LogP contribution in [0.25, 0.3) is 10.9 Å². The van der Waals surface area contributed by atoms with Gasteiger partial charge in [0.1, 0.15) is 17.6 Å². The average Bonchev–Trinajstić information content (AvgIpc) is 2.99. The van der Waals surface area contributed by atoms with Crippen molar-refractivity contribution in [1.29, 1.82) is 5.26 Å². The predicted molar refractivity (Wildman–Crippen MR) is 79.2 cm³/mol. The molecule has 2 aromatic carbocycles. The van der Waals surface area contributed by atoms with Gasteiger partial charge in [-0.05, 0) is 18.2 Å². The van der Waals surface area contributed by atoms with E-state index < -0.39 is 24.5 Å². The highest BCUT2D eigenvalue weighted by molar-refractivity contribution is 5.85. The van der Waals surface area contributed by atoms with E-state index in [4.69, 9.17) is 10.00 Å². The molecule has 0 aliphatic carbocycles. The zero-order chi connectivity index (χ0) is 17.3. The van der Waals surface area contributed by atoms with E-state index in [1.807, 2.05) is 0 Å². The molecule has 1 heterocycles. The number of ether oxygens (including phenoxy) is 1. The number of benzene rings is 2. The van der Waals surface area contributed by atoms with Crippen molar-refractivity contribution in [3.8, 4) is 17.6 Å². The summed E-state index contributed by atoms with van der Waals surface area (Å²) in [4.78, 5) is 2.76. The monoisotopic (exact) mass is 334 g/mol. The molecular formula is C17H10F4N2O. The van der Waals surface area contributed by atoms with Crippen LogP contribution >= 0.6 is 0 Å². The van der Waals surface area contributed by atoms with Gasteiger partial charge in [-0.3, -0.25) is 0 Å². The summed E-state index contributed by atoms with van der Waals surface area (Å²) in [5.41, 5.74) is 0.0856. The van der Waals surface area contributed by atoms with Gasteiger partial charge in [-0.25, -0.2) is 17.6 Å². The van der Waals surface area contributed by atoms with Crippen LogP contribution in [0.2, 0.25) is 0 Å². The Balaban J connectivity index is 2.11. The van der Waals surface area contributed by atoms with E-state index in [1.165, 1.54) is 12.3 Å². The Labute approximate surface area is 134 Å². The van der Waals surface area contributed by atoms with Gasteiger partial charge in [-0.2, -0.15) is 5.26 Å². The van der Waals surface area contributed by atoms with Crippen LogP contribution in [0, 0.1) is 23.0 Å². The van der Waals surface area contributed by atoms with E-state index in [0.717, 1.165) is 18.2 Å². The fourth-order valence-electron chi connectivity index (χ4n) is 2.46. The number of aromatic nitrogens is 1. The van der Waals surface area contributed by atoms with Crippen molar-refractivity contribution in [2.24, 2.45) is 0 Å². The quantitative estimate of drug-likeness (QED) is 0.689. The molecule has 1 aromatic heterocycles. The highest BCUT2D eigenvalue weighted by Gasteiger charge is 2.20. The lowest BCUT2D eigenvalue weighted by atomic mass is 10.1. The molecular weight excluding hydrogens is 324 g/mol. The summed E-state index contributed by atoms with van der Waals surface area (Å²) in [5.74, 6) is -1.96. The maximum absolute atomic E-state index is 14.3. The lowest BCUT2D eigenvalue weighted by Crippen LogP contribution is -2.02. The second-order valence-electron chi connectivity index (χ2n) is 5.06. The fourth-order valence-corrected chi connectivity index (χ4v) is 2.46. The van der Waals surface area contributed by atoms with Crippen LogP contribution in [0.5, 0.6) is 11.5 Å². The van der Waals surface area contributed by atoms with Crippen LogP contribution in [0.4, 0.5) is 17.6 Å². The lowest BCUT2D eigenvalue weighted by molar-refractivity contribution is 0.148. The summed E-state index contributed by atoms with van der Waals surface area (Å²) < 4.78 is 58.8. The molecule has 0 unspecified atom stereocenters. The maximum atomic E-state index is 14.3. The third-order valence-electron chi connectivity index (χ3n) is 3.50. The van der Waals surface area contributed by atoms with E-state index in [2.05, 4.69) is 4.98 Å². The van der Waals surface area contributed by atoms with E-state index in [0.29, 0.717) is 10.9 Å². The molecule has 122 valence electrons. The summed E-state index contributed by atoms with van der Waals surface area (Å²) >= 11 is 0. The molecule has 0 saturated heterocycles. The van der Waals surface area contributed by atoms with Crippen LogP contribution in [0.15, 0.2) is 36.5 Å². The van der Waals surface area contributed by atoms with Crippen LogP contribution in [-0.4, -0.2) is 11.4 Å². The minimum absolute atomic E-state index is 0.00378. The number of rotatable bonds is 4. The zero-order valence-corrected chi connectivity index (χ0v) is 12.1. The number of halogens is 4. The third kappa shape index (κ3) is 2.91. The van der Waals surface area contributed by atoms with E-state index in [9.17, 15) is 17.6 Å². The topological polar surface area (TPSA) is 48.8 Å². The fraction of sp³-hybridized carbons (Fsp3) is 0.118. The number of aromatic amines is 1. The highest BCUT2D eigenvalue weighted by Crippen LogP contribution is 2.36. The van der Waals surface area contributed by atoms with Crippen molar-refractivity contribution >= 4 is 10.9 Å². The van der Waals surface area contributed by atoms with Crippen molar-refractivity contribution in [3.05, 3.63) is 59.3 Å². The molecule has 0 spiro atoms. The smallest absolute Gasteiger partial charge is 0.242 e. The molecule has 3 aromatic rings. The van der Waals surface area contributed by atoms with E-state index in [-0.39, 0.29) is 22.6 Å². The second-order valence-corrected chi connectivity index (χ2v) is 5.06. The second kappa shape index (κ2) is 6.24. The molecule has 0 aliphatic rings. The molecule has 0 atom stereocenters. The predicted octanol–water partition coefficient (Wildman–Crippen LogP) is 4.92. The van der Waals surface area contributed by atoms with E-state index >= 15 is 0 Å². The number of nitrogens with zero attached hydrogens (tertiary/aromatic N) is 1. The largest absolute Gasteiger partial charge is 0.454 e. The molecule has 3 rings (SSSR count). The third-order valence-corrected chi connectivity index (χ3v) is 3.50. The first-order chi connectivity index (χ1) is 11.5. The van der Waals surface area contributed by atoms with Gasteiger partial charge in [-0.15, -0.1) is 0 Å². The SMILES string of the molecule is N#Cc1cc(Oc2c(F)cc3[nH]ccc3c2CC(F)F)ccc1F. The van der Waals surface area contributed by atoms with Crippen molar-refractivity contribution in [2.75, 3.05) is 0 Å². The Morgan fingerprint density at radius 3 is 2.62 bits per heavy atom. The first-order valence-electron chi connectivity index (χ1n) is 6.93. The van der Waals surface area contributed by atoms with Gasteiger partial charge in [0.25, 0.3) is 0 Å². The Morgan fingerprint density at radius 2 is 1.92 bits per heavy atom. The van der Waals surface area contributed by atoms with Gasteiger partial charge < -0.3 is 9.72 Å². The van der Waals surface area contributed by atoms with Gasteiger partial charge >= 0.3 is 0 Å². The Kier molecular flexibility index (Phi) is 4.13. The standard InChI is InChI=1S/C17H10F4N2O/c18-13-2-1-10(5-9(13)8-22)24-17-12(6-16(20)21)11-3-4-23-15(11)7-14(17)19/h1-5,7,16,23H,6H2. The average molecular weight is 334 g/mol. The molecule has 0 fully saturated rings. The molecule has 7 heteroatoms. The number of nitrogens with one attached hydrogen (secondary N) is 1. The molecule has 0 saturated carbocycles. The Hall–Kier alpha value is -3.01. The minimum atomic E-state index is -2.70. The molecule has 0 aliphatic heterocycles. The lowest BCUT2D eigenvalue weighted by Gasteiger charge is -2.14. The van der Waals surface area contributed by atoms with Crippen LogP contribution in [0.3, 0.4) is 0 Å².